The second kappa shape index (κ2) is 8.17. The number of fused-ring (bicyclic) bond motifs is 1. The van der Waals surface area contributed by atoms with Crippen LogP contribution in [-0.2, 0) is 0 Å². The van der Waals surface area contributed by atoms with Crippen molar-refractivity contribution in [3.8, 4) is 17.3 Å². The fourth-order valence-electron chi connectivity index (χ4n) is 2.80. The predicted molar refractivity (Wildman–Crippen MR) is 114 cm³/mol. The number of nitro benzene ring substituents is 1. The van der Waals surface area contributed by atoms with Crippen LogP contribution in [0, 0.1) is 27.3 Å². The number of hydrogen-bond donors (Lipinski definition) is 1. The van der Waals surface area contributed by atoms with Crippen molar-refractivity contribution in [1.82, 2.24) is 4.98 Å². The van der Waals surface area contributed by atoms with Crippen LogP contribution in [0.15, 0.2) is 69.3 Å². The van der Waals surface area contributed by atoms with Crippen LogP contribution in [0.3, 0.4) is 0 Å². The zero-order valence-corrected chi connectivity index (χ0v) is 16.4. The van der Waals surface area contributed by atoms with Gasteiger partial charge in [0.2, 0.25) is 0 Å². The standard InChI is InChI=1S/C21H11FN4O4S/c22-14-2-1-3-15(8-14)24-10-13(9-23)20-25-18(11-31-20)17-7-12-6-16(26(28)29)4-5-19(12)30-21(17)27/h1-8,10-11,24H/b13-10-. The molecule has 0 spiro atoms. The fourth-order valence-corrected chi connectivity index (χ4v) is 3.59. The summed E-state index contributed by atoms with van der Waals surface area (Å²) in [7, 11) is 0. The first-order valence-corrected chi connectivity index (χ1v) is 9.63. The van der Waals surface area contributed by atoms with Gasteiger partial charge in [0, 0.05) is 34.8 Å². The number of aromatic nitrogens is 1. The molecule has 152 valence electrons. The Morgan fingerprint density at radius 2 is 2.13 bits per heavy atom. The maximum Gasteiger partial charge on any atom is 0.345 e. The number of non-ortho nitro benzene ring substituents is 1. The van der Waals surface area contributed by atoms with Gasteiger partial charge in [0.05, 0.1) is 16.2 Å². The molecular weight excluding hydrogens is 423 g/mol. The van der Waals surface area contributed by atoms with Crippen LogP contribution < -0.4 is 10.9 Å². The van der Waals surface area contributed by atoms with E-state index in [9.17, 15) is 24.6 Å². The van der Waals surface area contributed by atoms with E-state index in [1.165, 1.54) is 48.7 Å². The lowest BCUT2D eigenvalue weighted by Gasteiger charge is -2.01. The van der Waals surface area contributed by atoms with E-state index in [2.05, 4.69) is 10.3 Å². The largest absolute Gasteiger partial charge is 0.422 e. The zero-order chi connectivity index (χ0) is 22.0. The third-order valence-corrected chi connectivity index (χ3v) is 5.14. The minimum atomic E-state index is -0.654. The van der Waals surface area contributed by atoms with Crippen molar-refractivity contribution < 1.29 is 13.7 Å². The number of thiazole rings is 1. The van der Waals surface area contributed by atoms with E-state index in [1.807, 2.05) is 6.07 Å². The molecule has 0 radical (unpaired) electrons. The number of hydrogen-bond acceptors (Lipinski definition) is 8. The Hall–Kier alpha value is -4.36. The lowest BCUT2D eigenvalue weighted by atomic mass is 10.1. The van der Waals surface area contributed by atoms with Crippen molar-refractivity contribution in [2.24, 2.45) is 0 Å². The van der Waals surface area contributed by atoms with Gasteiger partial charge in [-0.2, -0.15) is 5.26 Å². The molecule has 0 aliphatic heterocycles. The van der Waals surface area contributed by atoms with Gasteiger partial charge in [0.25, 0.3) is 5.69 Å². The van der Waals surface area contributed by atoms with Gasteiger partial charge >= 0.3 is 5.63 Å². The summed E-state index contributed by atoms with van der Waals surface area (Å²) in [5, 5.41) is 25.6. The molecule has 10 heteroatoms. The van der Waals surface area contributed by atoms with Crippen LogP contribution in [0.1, 0.15) is 5.01 Å². The molecule has 0 saturated heterocycles. The lowest BCUT2D eigenvalue weighted by Crippen LogP contribution is -2.03. The van der Waals surface area contributed by atoms with E-state index in [1.54, 1.807) is 11.4 Å². The highest BCUT2D eigenvalue weighted by Crippen LogP contribution is 2.28. The summed E-state index contributed by atoms with van der Waals surface area (Å²) < 4.78 is 18.5. The molecule has 0 saturated carbocycles. The summed E-state index contributed by atoms with van der Waals surface area (Å²) in [5.41, 5.74) is 0.456. The number of allylic oxidation sites excluding steroid dienone is 1. The lowest BCUT2D eigenvalue weighted by molar-refractivity contribution is -0.384. The first-order valence-electron chi connectivity index (χ1n) is 8.75. The second-order valence-corrected chi connectivity index (χ2v) is 7.15. The van der Waals surface area contributed by atoms with E-state index in [0.717, 1.165) is 11.3 Å². The molecule has 4 rings (SSSR count). The van der Waals surface area contributed by atoms with Gasteiger partial charge in [-0.05, 0) is 30.3 Å². The Kier molecular flexibility index (Phi) is 5.26. The molecule has 0 unspecified atom stereocenters. The SMILES string of the molecule is N#C/C(=C/Nc1cccc(F)c1)c1nc(-c2cc3cc([N+](=O)[O-])ccc3oc2=O)cs1. The van der Waals surface area contributed by atoms with E-state index in [0.29, 0.717) is 16.1 Å². The normalized spacial score (nSPS) is 11.3. The van der Waals surface area contributed by atoms with E-state index < -0.39 is 16.4 Å². The van der Waals surface area contributed by atoms with Crippen LogP contribution in [0.5, 0.6) is 0 Å². The molecule has 4 aromatic rings. The van der Waals surface area contributed by atoms with Crippen LogP contribution in [0.2, 0.25) is 0 Å². The maximum absolute atomic E-state index is 13.3. The first kappa shape index (κ1) is 19.9. The summed E-state index contributed by atoms with van der Waals surface area (Å²) in [6.45, 7) is 0. The summed E-state index contributed by atoms with van der Waals surface area (Å²) >= 11 is 1.13. The minimum Gasteiger partial charge on any atom is -0.422 e. The Morgan fingerprint density at radius 1 is 1.29 bits per heavy atom. The quantitative estimate of drug-likeness (QED) is 0.204. The molecule has 2 aromatic carbocycles. The maximum atomic E-state index is 13.3. The van der Waals surface area contributed by atoms with E-state index >= 15 is 0 Å². The molecule has 0 bridgehead atoms. The van der Waals surface area contributed by atoms with Gasteiger partial charge in [-0.1, -0.05) is 6.07 Å². The van der Waals surface area contributed by atoms with Gasteiger partial charge in [-0.3, -0.25) is 10.1 Å². The van der Waals surface area contributed by atoms with Crippen molar-refractivity contribution in [2.45, 2.75) is 0 Å². The Bertz CT molecular complexity index is 1450. The minimum absolute atomic E-state index is 0.117. The van der Waals surface area contributed by atoms with E-state index in [-0.39, 0.29) is 28.1 Å². The number of rotatable bonds is 5. The third-order valence-electron chi connectivity index (χ3n) is 4.27. The predicted octanol–water partition coefficient (Wildman–Crippen LogP) is 4.94. The fraction of sp³-hybridized carbons (Fsp3) is 0. The molecule has 8 nitrogen and oxygen atoms in total. The highest BCUT2D eigenvalue weighted by atomic mass is 32.1. The number of nitrogens with zero attached hydrogens (tertiary/aromatic N) is 3. The number of benzene rings is 2. The van der Waals surface area contributed by atoms with Crippen molar-refractivity contribution in [1.29, 1.82) is 5.26 Å². The molecule has 2 heterocycles. The number of anilines is 1. The first-order chi connectivity index (χ1) is 14.9. The van der Waals surface area contributed by atoms with Gasteiger partial charge in [0.1, 0.15) is 28.1 Å². The van der Waals surface area contributed by atoms with Crippen LogP contribution in [-0.4, -0.2) is 9.91 Å². The molecule has 0 aliphatic rings. The van der Waals surface area contributed by atoms with Gasteiger partial charge in [-0.25, -0.2) is 14.2 Å². The second-order valence-electron chi connectivity index (χ2n) is 6.29. The highest BCUT2D eigenvalue weighted by Gasteiger charge is 2.15. The Balaban J connectivity index is 1.68. The summed E-state index contributed by atoms with van der Waals surface area (Å²) in [4.78, 5) is 27.2. The Labute approximate surface area is 177 Å². The van der Waals surface area contributed by atoms with Gasteiger partial charge in [-0.15, -0.1) is 11.3 Å². The van der Waals surface area contributed by atoms with E-state index in [4.69, 9.17) is 4.42 Å². The average Bonchev–Trinajstić information content (AvgIpc) is 3.23. The molecule has 0 amide bonds. The molecular formula is C21H11FN4O4S. The molecule has 2 aromatic heterocycles. The van der Waals surface area contributed by atoms with Crippen molar-refractivity contribution >= 4 is 39.3 Å². The number of halogens is 1. The summed E-state index contributed by atoms with van der Waals surface area (Å²) in [6, 6.07) is 13.1. The highest BCUT2D eigenvalue weighted by molar-refractivity contribution is 7.11. The van der Waals surface area contributed by atoms with Crippen LogP contribution >= 0.6 is 11.3 Å². The van der Waals surface area contributed by atoms with Crippen LogP contribution in [0.4, 0.5) is 15.8 Å². The van der Waals surface area contributed by atoms with Crippen molar-refractivity contribution in [3.63, 3.8) is 0 Å². The van der Waals surface area contributed by atoms with Crippen LogP contribution in [0.25, 0.3) is 27.8 Å². The van der Waals surface area contributed by atoms with Gasteiger partial charge < -0.3 is 9.73 Å². The number of nitro groups is 1. The smallest absolute Gasteiger partial charge is 0.345 e. The molecule has 31 heavy (non-hydrogen) atoms. The van der Waals surface area contributed by atoms with Crippen molar-refractivity contribution in [2.75, 3.05) is 5.32 Å². The topological polar surface area (TPSA) is 122 Å². The molecule has 1 N–H and O–H groups in total. The Morgan fingerprint density at radius 3 is 2.87 bits per heavy atom. The third kappa shape index (κ3) is 4.17. The number of nitrogens with one attached hydrogen (secondary N) is 1. The molecule has 0 atom stereocenters. The van der Waals surface area contributed by atoms with Gasteiger partial charge in [0.15, 0.2) is 0 Å². The summed E-state index contributed by atoms with van der Waals surface area (Å²) in [6.07, 6.45) is 1.39. The number of nitriles is 1. The zero-order valence-electron chi connectivity index (χ0n) is 15.5. The molecule has 0 fully saturated rings. The summed E-state index contributed by atoms with van der Waals surface area (Å²) in [5.74, 6) is -0.420. The molecule has 0 aliphatic carbocycles. The van der Waals surface area contributed by atoms with Crippen molar-refractivity contribution in [3.05, 3.63) is 91.5 Å². The average molecular weight is 434 g/mol. The monoisotopic (exact) mass is 434 g/mol.